The summed E-state index contributed by atoms with van der Waals surface area (Å²) in [5, 5.41) is 2.81. The van der Waals surface area contributed by atoms with Crippen LogP contribution in [0.4, 0.5) is 10.1 Å². The van der Waals surface area contributed by atoms with E-state index in [1.165, 1.54) is 12.1 Å². The van der Waals surface area contributed by atoms with Gasteiger partial charge in [0, 0.05) is 12.2 Å². The molecule has 0 saturated heterocycles. The summed E-state index contributed by atoms with van der Waals surface area (Å²) in [6.07, 6.45) is 0.651. The molecule has 0 aromatic heterocycles. The lowest BCUT2D eigenvalue weighted by Crippen LogP contribution is -2.26. The highest BCUT2D eigenvalue weighted by Crippen LogP contribution is 2.13. The van der Waals surface area contributed by atoms with Crippen LogP contribution in [-0.2, 0) is 6.42 Å². The molecule has 0 aliphatic carbocycles. The molecule has 2 rings (SSSR count). The first kappa shape index (κ1) is 14.1. The standard InChI is InChI=1S/C16H17FN2O/c1-11-2-7-14(15(18)10-11)16(20)19-9-8-12-3-5-13(17)6-4-12/h2-7,10H,8-9,18H2,1H3,(H,19,20). The first-order chi connectivity index (χ1) is 9.56. The lowest BCUT2D eigenvalue weighted by molar-refractivity contribution is 0.0955. The highest BCUT2D eigenvalue weighted by molar-refractivity contribution is 5.99. The number of nitrogens with two attached hydrogens (primary N) is 1. The lowest BCUT2D eigenvalue weighted by Gasteiger charge is -2.08. The van der Waals surface area contributed by atoms with Crippen LogP contribution in [0.3, 0.4) is 0 Å². The van der Waals surface area contributed by atoms with Crippen molar-refractivity contribution in [3.05, 3.63) is 65.0 Å². The molecule has 0 atom stereocenters. The van der Waals surface area contributed by atoms with Gasteiger partial charge in [0.15, 0.2) is 0 Å². The first-order valence-electron chi connectivity index (χ1n) is 6.45. The van der Waals surface area contributed by atoms with Crippen molar-refractivity contribution in [3.63, 3.8) is 0 Å². The number of hydrogen-bond donors (Lipinski definition) is 2. The number of amides is 1. The zero-order valence-electron chi connectivity index (χ0n) is 11.3. The van der Waals surface area contributed by atoms with Gasteiger partial charge < -0.3 is 11.1 Å². The summed E-state index contributed by atoms with van der Waals surface area (Å²) in [6.45, 7) is 2.41. The zero-order valence-corrected chi connectivity index (χ0v) is 11.3. The molecular formula is C16H17FN2O. The van der Waals surface area contributed by atoms with Gasteiger partial charge in [-0.25, -0.2) is 4.39 Å². The van der Waals surface area contributed by atoms with Crippen molar-refractivity contribution < 1.29 is 9.18 Å². The molecule has 3 N–H and O–H groups in total. The number of rotatable bonds is 4. The summed E-state index contributed by atoms with van der Waals surface area (Å²) in [5.41, 5.74) is 8.77. The number of halogens is 1. The Labute approximate surface area is 117 Å². The van der Waals surface area contributed by atoms with Crippen LogP contribution in [0.5, 0.6) is 0 Å². The third-order valence-electron chi connectivity index (χ3n) is 3.06. The molecule has 0 radical (unpaired) electrons. The van der Waals surface area contributed by atoms with Gasteiger partial charge in [-0.3, -0.25) is 4.79 Å². The molecule has 2 aromatic rings. The van der Waals surface area contributed by atoms with Crippen molar-refractivity contribution in [2.75, 3.05) is 12.3 Å². The van der Waals surface area contributed by atoms with Crippen LogP contribution < -0.4 is 11.1 Å². The van der Waals surface area contributed by atoms with Crippen LogP contribution in [0.2, 0.25) is 0 Å². The lowest BCUT2D eigenvalue weighted by atomic mass is 10.1. The summed E-state index contributed by atoms with van der Waals surface area (Å²) in [5.74, 6) is -0.449. The van der Waals surface area contributed by atoms with E-state index in [-0.39, 0.29) is 11.7 Å². The molecule has 1 amide bonds. The molecule has 0 fully saturated rings. The highest BCUT2D eigenvalue weighted by atomic mass is 19.1. The van der Waals surface area contributed by atoms with E-state index < -0.39 is 0 Å². The topological polar surface area (TPSA) is 55.1 Å². The van der Waals surface area contributed by atoms with Crippen LogP contribution in [0, 0.1) is 12.7 Å². The molecule has 0 bridgehead atoms. The van der Waals surface area contributed by atoms with Gasteiger partial charge in [0.1, 0.15) is 5.82 Å². The van der Waals surface area contributed by atoms with Gasteiger partial charge in [0.2, 0.25) is 0 Å². The zero-order chi connectivity index (χ0) is 14.5. The van der Waals surface area contributed by atoms with E-state index in [9.17, 15) is 9.18 Å². The third kappa shape index (κ3) is 3.57. The Balaban J connectivity index is 1.90. The molecule has 0 spiro atoms. The Morgan fingerprint density at radius 1 is 1.20 bits per heavy atom. The fraction of sp³-hybridized carbons (Fsp3) is 0.188. The summed E-state index contributed by atoms with van der Waals surface area (Å²) in [7, 11) is 0. The van der Waals surface area contributed by atoms with Gasteiger partial charge in [-0.2, -0.15) is 0 Å². The Morgan fingerprint density at radius 3 is 2.55 bits per heavy atom. The number of nitrogens with one attached hydrogen (secondary N) is 1. The molecule has 0 unspecified atom stereocenters. The molecule has 0 aliphatic rings. The second kappa shape index (κ2) is 6.19. The number of benzene rings is 2. The Hall–Kier alpha value is -2.36. The molecule has 4 heteroatoms. The number of nitrogen functional groups attached to an aromatic ring is 1. The van der Waals surface area contributed by atoms with E-state index in [0.717, 1.165) is 11.1 Å². The van der Waals surface area contributed by atoms with Crippen molar-refractivity contribution >= 4 is 11.6 Å². The summed E-state index contributed by atoms with van der Waals surface area (Å²) in [4.78, 5) is 12.0. The van der Waals surface area contributed by atoms with Gasteiger partial charge in [-0.15, -0.1) is 0 Å². The van der Waals surface area contributed by atoms with Crippen molar-refractivity contribution in [2.45, 2.75) is 13.3 Å². The normalized spacial score (nSPS) is 10.3. The largest absolute Gasteiger partial charge is 0.398 e. The van der Waals surface area contributed by atoms with Crippen LogP contribution in [-0.4, -0.2) is 12.5 Å². The van der Waals surface area contributed by atoms with E-state index >= 15 is 0 Å². The van der Waals surface area contributed by atoms with Crippen molar-refractivity contribution in [2.24, 2.45) is 0 Å². The fourth-order valence-corrected chi connectivity index (χ4v) is 1.96. The van der Waals surface area contributed by atoms with Crippen LogP contribution >= 0.6 is 0 Å². The van der Waals surface area contributed by atoms with E-state index in [1.807, 2.05) is 13.0 Å². The fourth-order valence-electron chi connectivity index (χ4n) is 1.96. The minimum atomic E-state index is -0.259. The number of carbonyl (C=O) groups excluding carboxylic acids is 1. The van der Waals surface area contributed by atoms with Gasteiger partial charge in [-0.1, -0.05) is 18.2 Å². The van der Waals surface area contributed by atoms with Crippen LogP contribution in [0.1, 0.15) is 21.5 Å². The average Bonchev–Trinajstić information content (AvgIpc) is 2.41. The number of hydrogen-bond acceptors (Lipinski definition) is 2. The van der Waals surface area contributed by atoms with Crippen LogP contribution in [0.15, 0.2) is 42.5 Å². The predicted octanol–water partition coefficient (Wildman–Crippen LogP) is 2.69. The molecule has 3 nitrogen and oxygen atoms in total. The molecule has 0 heterocycles. The van der Waals surface area contributed by atoms with Crippen LogP contribution in [0.25, 0.3) is 0 Å². The molecular weight excluding hydrogens is 255 g/mol. The van der Waals surface area contributed by atoms with E-state index in [0.29, 0.717) is 24.2 Å². The SMILES string of the molecule is Cc1ccc(C(=O)NCCc2ccc(F)cc2)c(N)c1. The molecule has 20 heavy (non-hydrogen) atoms. The molecule has 0 saturated carbocycles. The van der Waals surface area contributed by atoms with E-state index in [2.05, 4.69) is 5.32 Å². The van der Waals surface area contributed by atoms with E-state index in [1.54, 1.807) is 24.3 Å². The van der Waals surface area contributed by atoms with Gasteiger partial charge >= 0.3 is 0 Å². The maximum atomic E-state index is 12.8. The highest BCUT2D eigenvalue weighted by Gasteiger charge is 2.08. The van der Waals surface area contributed by atoms with E-state index in [4.69, 9.17) is 5.73 Å². The summed E-state index contributed by atoms with van der Waals surface area (Å²) in [6, 6.07) is 11.6. The van der Waals surface area contributed by atoms with Crippen molar-refractivity contribution in [3.8, 4) is 0 Å². The summed E-state index contributed by atoms with van der Waals surface area (Å²) < 4.78 is 12.8. The summed E-state index contributed by atoms with van der Waals surface area (Å²) >= 11 is 0. The maximum absolute atomic E-state index is 12.8. The monoisotopic (exact) mass is 272 g/mol. The average molecular weight is 272 g/mol. The number of anilines is 1. The quantitative estimate of drug-likeness (QED) is 0.841. The molecule has 2 aromatic carbocycles. The second-order valence-electron chi connectivity index (χ2n) is 4.72. The number of carbonyl (C=O) groups is 1. The first-order valence-corrected chi connectivity index (χ1v) is 6.45. The van der Waals surface area contributed by atoms with Crippen molar-refractivity contribution in [1.82, 2.24) is 5.32 Å². The second-order valence-corrected chi connectivity index (χ2v) is 4.72. The maximum Gasteiger partial charge on any atom is 0.253 e. The number of aryl methyl sites for hydroxylation is 1. The Kier molecular flexibility index (Phi) is 4.35. The molecule has 104 valence electrons. The third-order valence-corrected chi connectivity index (χ3v) is 3.06. The van der Waals surface area contributed by atoms with Gasteiger partial charge in [-0.05, 0) is 48.7 Å². The smallest absolute Gasteiger partial charge is 0.253 e. The van der Waals surface area contributed by atoms with Crippen molar-refractivity contribution in [1.29, 1.82) is 0 Å². The predicted molar refractivity (Wildman–Crippen MR) is 78.0 cm³/mol. The molecule has 0 aliphatic heterocycles. The van der Waals surface area contributed by atoms with Gasteiger partial charge in [0.05, 0.1) is 5.56 Å². The Morgan fingerprint density at radius 2 is 1.90 bits per heavy atom. The Bertz CT molecular complexity index is 608. The van der Waals surface area contributed by atoms with Gasteiger partial charge in [0.25, 0.3) is 5.91 Å². The minimum absolute atomic E-state index is 0.190. The minimum Gasteiger partial charge on any atom is -0.398 e.